The van der Waals surface area contributed by atoms with Crippen molar-refractivity contribution in [2.75, 3.05) is 0 Å². The number of hydrogen-bond acceptors (Lipinski definition) is 3. The van der Waals surface area contributed by atoms with Crippen molar-refractivity contribution in [3.63, 3.8) is 0 Å². The van der Waals surface area contributed by atoms with Crippen LogP contribution in [-0.2, 0) is 5.41 Å². The molecule has 4 heteroatoms. The van der Waals surface area contributed by atoms with E-state index in [1.165, 1.54) is 24.0 Å². The highest BCUT2D eigenvalue weighted by atomic mass is 79.9. The second kappa shape index (κ2) is 5.08. The Hall–Kier alpha value is -0.160. The van der Waals surface area contributed by atoms with Crippen molar-refractivity contribution < 1.29 is 0 Å². The van der Waals surface area contributed by atoms with E-state index >= 15 is 0 Å². The molecule has 2 rings (SSSR count). The SMILES string of the molecule is Cc1cc(C(N)c2ccc(C(C)(C)C)s2)sc1Br. The fourth-order valence-electron chi connectivity index (χ4n) is 1.70. The summed E-state index contributed by atoms with van der Waals surface area (Å²) in [6.07, 6.45) is 0. The molecule has 2 heterocycles. The van der Waals surface area contributed by atoms with Gasteiger partial charge in [0.1, 0.15) is 0 Å². The maximum atomic E-state index is 6.36. The van der Waals surface area contributed by atoms with Crippen molar-refractivity contribution in [2.24, 2.45) is 5.73 Å². The molecule has 0 saturated carbocycles. The van der Waals surface area contributed by atoms with Crippen LogP contribution in [0.4, 0.5) is 0 Å². The summed E-state index contributed by atoms with van der Waals surface area (Å²) < 4.78 is 1.18. The largest absolute Gasteiger partial charge is 0.319 e. The average molecular weight is 344 g/mol. The van der Waals surface area contributed by atoms with E-state index in [0.29, 0.717) is 0 Å². The van der Waals surface area contributed by atoms with Crippen LogP contribution in [0.25, 0.3) is 0 Å². The van der Waals surface area contributed by atoms with Crippen LogP contribution in [0.5, 0.6) is 0 Å². The van der Waals surface area contributed by atoms with Gasteiger partial charge in [0.25, 0.3) is 0 Å². The van der Waals surface area contributed by atoms with Gasteiger partial charge in [0, 0.05) is 14.6 Å². The number of rotatable bonds is 2. The van der Waals surface area contributed by atoms with E-state index in [-0.39, 0.29) is 11.5 Å². The van der Waals surface area contributed by atoms with Gasteiger partial charge in [-0.15, -0.1) is 22.7 Å². The zero-order chi connectivity index (χ0) is 13.5. The molecule has 0 saturated heterocycles. The highest BCUT2D eigenvalue weighted by Crippen LogP contribution is 2.37. The molecule has 1 unspecified atom stereocenters. The van der Waals surface area contributed by atoms with Gasteiger partial charge in [-0.2, -0.15) is 0 Å². The predicted molar refractivity (Wildman–Crippen MR) is 85.8 cm³/mol. The van der Waals surface area contributed by atoms with Gasteiger partial charge in [0.15, 0.2) is 0 Å². The molecule has 0 bridgehead atoms. The van der Waals surface area contributed by atoms with Crippen molar-refractivity contribution in [3.8, 4) is 0 Å². The fourth-order valence-corrected chi connectivity index (χ4v) is 4.45. The summed E-state index contributed by atoms with van der Waals surface area (Å²) >= 11 is 7.12. The van der Waals surface area contributed by atoms with Gasteiger partial charge in [-0.3, -0.25) is 0 Å². The molecule has 0 amide bonds. The summed E-state index contributed by atoms with van der Waals surface area (Å²) in [7, 11) is 0. The molecule has 98 valence electrons. The molecule has 0 aromatic carbocycles. The molecule has 0 fully saturated rings. The minimum Gasteiger partial charge on any atom is -0.319 e. The molecule has 0 radical (unpaired) electrons. The molecule has 0 aliphatic rings. The van der Waals surface area contributed by atoms with Gasteiger partial charge in [-0.1, -0.05) is 20.8 Å². The third-order valence-electron chi connectivity index (χ3n) is 2.86. The molecular weight excluding hydrogens is 326 g/mol. The Bertz CT molecular complexity index is 529. The number of hydrogen-bond donors (Lipinski definition) is 1. The predicted octanol–water partition coefficient (Wildman–Crippen LogP) is 5.23. The summed E-state index contributed by atoms with van der Waals surface area (Å²) in [5.41, 5.74) is 7.82. The van der Waals surface area contributed by atoms with Crippen molar-refractivity contribution >= 4 is 38.6 Å². The van der Waals surface area contributed by atoms with Gasteiger partial charge >= 0.3 is 0 Å². The maximum Gasteiger partial charge on any atom is 0.0740 e. The van der Waals surface area contributed by atoms with E-state index in [9.17, 15) is 0 Å². The highest BCUT2D eigenvalue weighted by molar-refractivity contribution is 9.11. The van der Waals surface area contributed by atoms with E-state index < -0.39 is 0 Å². The van der Waals surface area contributed by atoms with Crippen molar-refractivity contribution in [2.45, 2.75) is 39.2 Å². The topological polar surface area (TPSA) is 26.0 Å². The third kappa shape index (κ3) is 2.87. The van der Waals surface area contributed by atoms with E-state index in [1.807, 2.05) is 11.3 Å². The number of aryl methyl sites for hydroxylation is 1. The van der Waals surface area contributed by atoms with Gasteiger partial charge in [0.2, 0.25) is 0 Å². The van der Waals surface area contributed by atoms with Crippen LogP contribution in [0.3, 0.4) is 0 Å². The third-order valence-corrected chi connectivity index (χ3v) is 6.67. The minimum atomic E-state index is 0.00102. The van der Waals surface area contributed by atoms with E-state index in [0.717, 1.165) is 0 Å². The average Bonchev–Trinajstić information content (AvgIpc) is 2.85. The van der Waals surface area contributed by atoms with Crippen LogP contribution in [0.2, 0.25) is 0 Å². The second-order valence-electron chi connectivity index (χ2n) is 5.54. The molecule has 2 N–H and O–H groups in total. The molecule has 2 aromatic rings. The van der Waals surface area contributed by atoms with Crippen LogP contribution in [0.1, 0.15) is 47.0 Å². The first kappa shape index (κ1) is 14.3. The van der Waals surface area contributed by atoms with Crippen LogP contribution < -0.4 is 5.73 Å². The van der Waals surface area contributed by atoms with Gasteiger partial charge in [-0.05, 0) is 52.0 Å². The van der Waals surface area contributed by atoms with Crippen LogP contribution in [0.15, 0.2) is 22.0 Å². The smallest absolute Gasteiger partial charge is 0.0740 e. The van der Waals surface area contributed by atoms with Gasteiger partial charge in [-0.25, -0.2) is 0 Å². The molecule has 0 spiro atoms. The van der Waals surface area contributed by atoms with Gasteiger partial charge < -0.3 is 5.73 Å². The van der Waals surface area contributed by atoms with E-state index in [4.69, 9.17) is 5.73 Å². The summed E-state index contributed by atoms with van der Waals surface area (Å²) in [6.45, 7) is 8.81. The zero-order valence-corrected chi connectivity index (χ0v) is 14.3. The monoisotopic (exact) mass is 343 g/mol. The first-order chi connectivity index (χ1) is 8.29. The molecule has 1 atom stereocenters. The van der Waals surface area contributed by atoms with E-state index in [1.54, 1.807) is 11.3 Å². The lowest BCUT2D eigenvalue weighted by Gasteiger charge is -2.15. The number of nitrogens with two attached hydrogens (primary N) is 1. The second-order valence-corrected chi connectivity index (χ2v) is 9.05. The minimum absolute atomic E-state index is 0.00102. The normalized spacial score (nSPS) is 13.9. The highest BCUT2D eigenvalue weighted by Gasteiger charge is 2.20. The van der Waals surface area contributed by atoms with Crippen molar-refractivity contribution in [3.05, 3.63) is 42.2 Å². The fraction of sp³-hybridized carbons (Fsp3) is 0.429. The number of thiophene rings is 2. The summed E-state index contributed by atoms with van der Waals surface area (Å²) in [5.74, 6) is 0. The molecule has 1 nitrogen and oxygen atoms in total. The lowest BCUT2D eigenvalue weighted by Crippen LogP contribution is -2.09. The lowest BCUT2D eigenvalue weighted by atomic mass is 9.95. The Labute approximate surface area is 125 Å². The van der Waals surface area contributed by atoms with E-state index in [2.05, 4.69) is 61.8 Å². The van der Waals surface area contributed by atoms with Crippen LogP contribution >= 0.6 is 38.6 Å². The molecule has 18 heavy (non-hydrogen) atoms. The van der Waals surface area contributed by atoms with Crippen LogP contribution in [-0.4, -0.2) is 0 Å². The Kier molecular flexibility index (Phi) is 4.02. The Balaban J connectivity index is 2.29. The first-order valence-electron chi connectivity index (χ1n) is 5.90. The molecule has 0 aliphatic heterocycles. The summed E-state index contributed by atoms with van der Waals surface area (Å²) in [5, 5.41) is 0. The lowest BCUT2D eigenvalue weighted by molar-refractivity contribution is 0.604. The summed E-state index contributed by atoms with van der Waals surface area (Å²) in [6, 6.07) is 6.55. The standard InChI is InChI=1S/C14H18BrNS2/c1-8-7-10(18-13(8)15)12(16)9-5-6-11(17-9)14(2,3)4/h5-7,12H,16H2,1-4H3. The Morgan fingerprint density at radius 3 is 2.28 bits per heavy atom. The number of halogens is 1. The zero-order valence-electron chi connectivity index (χ0n) is 11.1. The Morgan fingerprint density at radius 1 is 1.17 bits per heavy atom. The quantitative estimate of drug-likeness (QED) is 0.793. The van der Waals surface area contributed by atoms with Gasteiger partial charge in [0.05, 0.1) is 9.83 Å². The van der Waals surface area contributed by atoms with Crippen molar-refractivity contribution in [1.29, 1.82) is 0 Å². The molecule has 2 aromatic heterocycles. The van der Waals surface area contributed by atoms with Crippen LogP contribution in [0, 0.1) is 6.92 Å². The maximum absolute atomic E-state index is 6.36. The summed E-state index contributed by atoms with van der Waals surface area (Å²) in [4.78, 5) is 3.86. The molecule has 0 aliphatic carbocycles. The van der Waals surface area contributed by atoms with Crippen molar-refractivity contribution in [1.82, 2.24) is 0 Å². The first-order valence-corrected chi connectivity index (χ1v) is 8.33. The Morgan fingerprint density at radius 2 is 1.83 bits per heavy atom. The molecular formula is C14H18BrNS2.